The number of piperazine rings is 1. The summed E-state index contributed by atoms with van der Waals surface area (Å²) in [5, 5.41) is 3.95. The van der Waals surface area contributed by atoms with Crippen LogP contribution in [0.1, 0.15) is 35.4 Å². The number of Topliss-reactive ketones (excluding diaryl/α,β-unsaturated/α-hetero) is 1. The minimum absolute atomic E-state index is 0.0956. The Labute approximate surface area is 164 Å². The van der Waals surface area contributed by atoms with Gasteiger partial charge in [-0.25, -0.2) is 0 Å². The fourth-order valence-electron chi connectivity index (χ4n) is 3.74. The fourth-order valence-corrected chi connectivity index (χ4v) is 4.01. The number of ketones is 1. The normalized spacial score (nSPS) is 22.2. The number of halogens is 1. The Kier molecular flexibility index (Phi) is 4.98. The molecule has 2 atom stereocenters. The summed E-state index contributed by atoms with van der Waals surface area (Å²) in [4.78, 5) is 15.1. The van der Waals surface area contributed by atoms with E-state index in [1.807, 2.05) is 24.3 Å². The molecule has 2 aromatic carbocycles. The van der Waals surface area contributed by atoms with Gasteiger partial charge in [0.05, 0.1) is 24.1 Å². The first-order valence-corrected chi connectivity index (χ1v) is 9.58. The Balaban J connectivity index is 1.58. The molecule has 0 aromatic heterocycles. The Morgan fingerprint density at radius 1 is 1.26 bits per heavy atom. The van der Waals surface area contributed by atoms with E-state index in [9.17, 15) is 4.79 Å². The summed E-state index contributed by atoms with van der Waals surface area (Å²) in [6, 6.07) is 11.8. The van der Waals surface area contributed by atoms with Gasteiger partial charge in [-0.15, -0.1) is 0 Å². The standard InChI is InChI=1S/C21H23ClN2O3/c1-13-12-24(8-7-23-13)15-4-6-19-16(10-15)18(25)11-21(27-19)14-3-5-20(26-2)17(22)9-14/h3-6,9-10,13,21,23H,7-8,11-12H2,1-2H3/t13-,21?/m1/s1. The van der Waals surface area contributed by atoms with E-state index in [0.717, 1.165) is 30.9 Å². The van der Waals surface area contributed by atoms with Gasteiger partial charge < -0.3 is 19.7 Å². The van der Waals surface area contributed by atoms with Gasteiger partial charge in [0.25, 0.3) is 0 Å². The topological polar surface area (TPSA) is 50.8 Å². The molecule has 2 heterocycles. The zero-order valence-corrected chi connectivity index (χ0v) is 16.3. The van der Waals surface area contributed by atoms with Crippen LogP contribution in [0, 0.1) is 0 Å². The van der Waals surface area contributed by atoms with Crippen LogP contribution in [-0.2, 0) is 0 Å². The minimum atomic E-state index is -0.335. The number of methoxy groups -OCH3 is 1. The van der Waals surface area contributed by atoms with Crippen LogP contribution in [0.4, 0.5) is 5.69 Å². The van der Waals surface area contributed by atoms with Gasteiger partial charge in [0.15, 0.2) is 5.78 Å². The first kappa shape index (κ1) is 18.1. The average Bonchev–Trinajstić information content (AvgIpc) is 2.67. The molecule has 6 heteroatoms. The van der Waals surface area contributed by atoms with Crippen LogP contribution in [-0.4, -0.2) is 38.6 Å². The minimum Gasteiger partial charge on any atom is -0.495 e. The van der Waals surface area contributed by atoms with Gasteiger partial charge in [-0.3, -0.25) is 4.79 Å². The molecular weight excluding hydrogens is 364 g/mol. The van der Waals surface area contributed by atoms with E-state index in [-0.39, 0.29) is 11.9 Å². The van der Waals surface area contributed by atoms with Crippen LogP contribution in [0.2, 0.25) is 5.02 Å². The number of hydrogen-bond acceptors (Lipinski definition) is 5. The Hall–Kier alpha value is -2.24. The van der Waals surface area contributed by atoms with E-state index in [1.165, 1.54) is 0 Å². The molecule has 0 amide bonds. The van der Waals surface area contributed by atoms with Crippen LogP contribution < -0.4 is 19.7 Å². The highest BCUT2D eigenvalue weighted by Gasteiger charge is 2.29. The average molecular weight is 387 g/mol. The molecule has 2 aliphatic heterocycles. The maximum absolute atomic E-state index is 12.8. The van der Waals surface area contributed by atoms with E-state index in [4.69, 9.17) is 21.1 Å². The lowest BCUT2D eigenvalue weighted by atomic mass is 9.95. The van der Waals surface area contributed by atoms with Crippen LogP contribution in [0.15, 0.2) is 36.4 Å². The van der Waals surface area contributed by atoms with Gasteiger partial charge in [0.1, 0.15) is 17.6 Å². The number of benzene rings is 2. The number of nitrogens with one attached hydrogen (secondary N) is 1. The van der Waals surface area contributed by atoms with Crippen LogP contribution in [0.3, 0.4) is 0 Å². The number of carbonyl (C=O) groups is 1. The number of ether oxygens (including phenoxy) is 2. The number of anilines is 1. The number of carbonyl (C=O) groups excluding carboxylic acids is 1. The SMILES string of the molecule is COc1ccc(C2CC(=O)c3cc(N4CCN[C@H](C)C4)ccc3O2)cc1Cl. The summed E-state index contributed by atoms with van der Waals surface area (Å²) in [6.07, 6.45) is -0.0321. The molecular formula is C21H23ClN2O3. The number of hydrogen-bond donors (Lipinski definition) is 1. The summed E-state index contributed by atoms with van der Waals surface area (Å²) >= 11 is 6.23. The van der Waals surface area contributed by atoms with Crippen LogP contribution in [0.5, 0.6) is 11.5 Å². The molecule has 0 aliphatic carbocycles. The van der Waals surface area contributed by atoms with Crippen molar-refractivity contribution < 1.29 is 14.3 Å². The summed E-state index contributed by atoms with van der Waals surface area (Å²) < 4.78 is 11.3. The van der Waals surface area contributed by atoms with Crippen molar-refractivity contribution in [1.29, 1.82) is 0 Å². The predicted molar refractivity (Wildman–Crippen MR) is 106 cm³/mol. The van der Waals surface area contributed by atoms with E-state index in [2.05, 4.69) is 17.1 Å². The van der Waals surface area contributed by atoms with E-state index >= 15 is 0 Å². The van der Waals surface area contributed by atoms with Gasteiger partial charge in [-0.05, 0) is 42.8 Å². The van der Waals surface area contributed by atoms with Gasteiger partial charge in [-0.1, -0.05) is 17.7 Å². The summed E-state index contributed by atoms with van der Waals surface area (Å²) in [5.74, 6) is 1.34. The Bertz CT molecular complexity index is 871. The highest BCUT2D eigenvalue weighted by molar-refractivity contribution is 6.32. The van der Waals surface area contributed by atoms with E-state index in [1.54, 1.807) is 19.2 Å². The summed E-state index contributed by atoms with van der Waals surface area (Å²) in [6.45, 7) is 4.98. The van der Waals surface area contributed by atoms with Crippen molar-refractivity contribution >= 4 is 23.1 Å². The fraction of sp³-hybridized carbons (Fsp3) is 0.381. The molecule has 0 radical (unpaired) electrons. The Morgan fingerprint density at radius 3 is 2.85 bits per heavy atom. The molecule has 142 valence electrons. The van der Waals surface area contributed by atoms with Crippen molar-refractivity contribution in [2.24, 2.45) is 0 Å². The largest absolute Gasteiger partial charge is 0.495 e. The molecule has 0 saturated carbocycles. The Morgan fingerprint density at radius 2 is 2.11 bits per heavy atom. The second-order valence-corrected chi connectivity index (χ2v) is 7.52. The second-order valence-electron chi connectivity index (χ2n) is 7.11. The molecule has 1 unspecified atom stereocenters. The second kappa shape index (κ2) is 7.41. The first-order valence-electron chi connectivity index (χ1n) is 9.21. The lowest BCUT2D eigenvalue weighted by molar-refractivity contribution is 0.0850. The number of fused-ring (bicyclic) bond motifs is 1. The molecule has 1 N–H and O–H groups in total. The molecule has 1 fully saturated rings. The maximum Gasteiger partial charge on any atom is 0.170 e. The van der Waals surface area contributed by atoms with E-state index in [0.29, 0.717) is 34.5 Å². The monoisotopic (exact) mass is 386 g/mol. The molecule has 4 rings (SSSR count). The van der Waals surface area contributed by atoms with Gasteiger partial charge in [0, 0.05) is 31.4 Å². The molecule has 2 aliphatic rings. The number of nitrogens with zero attached hydrogens (tertiary/aromatic N) is 1. The van der Waals surface area contributed by atoms with Crippen molar-refractivity contribution in [3.63, 3.8) is 0 Å². The molecule has 1 saturated heterocycles. The van der Waals surface area contributed by atoms with Crippen molar-refractivity contribution in [3.8, 4) is 11.5 Å². The van der Waals surface area contributed by atoms with Crippen molar-refractivity contribution in [2.75, 3.05) is 31.6 Å². The van der Waals surface area contributed by atoms with Crippen LogP contribution >= 0.6 is 11.6 Å². The third-order valence-electron chi connectivity index (χ3n) is 5.19. The number of rotatable bonds is 3. The molecule has 5 nitrogen and oxygen atoms in total. The molecule has 27 heavy (non-hydrogen) atoms. The predicted octanol–water partition coefficient (Wildman–Crippen LogP) is 3.85. The quantitative estimate of drug-likeness (QED) is 0.868. The molecule has 0 bridgehead atoms. The zero-order chi connectivity index (χ0) is 19.0. The maximum atomic E-state index is 12.8. The molecule has 0 spiro atoms. The zero-order valence-electron chi connectivity index (χ0n) is 15.5. The smallest absolute Gasteiger partial charge is 0.170 e. The lowest BCUT2D eigenvalue weighted by Crippen LogP contribution is -2.49. The summed E-state index contributed by atoms with van der Waals surface area (Å²) in [7, 11) is 1.58. The van der Waals surface area contributed by atoms with Gasteiger partial charge >= 0.3 is 0 Å². The van der Waals surface area contributed by atoms with Crippen molar-refractivity contribution in [2.45, 2.75) is 25.5 Å². The van der Waals surface area contributed by atoms with E-state index < -0.39 is 0 Å². The highest BCUT2D eigenvalue weighted by Crippen LogP contribution is 2.38. The lowest BCUT2D eigenvalue weighted by Gasteiger charge is -2.34. The first-order chi connectivity index (χ1) is 13.0. The highest BCUT2D eigenvalue weighted by atomic mass is 35.5. The van der Waals surface area contributed by atoms with Crippen molar-refractivity contribution in [1.82, 2.24) is 5.32 Å². The summed E-state index contributed by atoms with van der Waals surface area (Å²) in [5.41, 5.74) is 2.61. The third-order valence-corrected chi connectivity index (χ3v) is 5.48. The van der Waals surface area contributed by atoms with Gasteiger partial charge in [-0.2, -0.15) is 0 Å². The van der Waals surface area contributed by atoms with Gasteiger partial charge in [0.2, 0.25) is 0 Å². The molecule has 2 aromatic rings. The van der Waals surface area contributed by atoms with Crippen molar-refractivity contribution in [3.05, 3.63) is 52.5 Å². The third kappa shape index (κ3) is 3.62. The van der Waals surface area contributed by atoms with Crippen LogP contribution in [0.25, 0.3) is 0 Å².